The van der Waals surface area contributed by atoms with Crippen molar-refractivity contribution in [2.45, 2.75) is 45.7 Å². The lowest BCUT2D eigenvalue weighted by Gasteiger charge is -2.35. The molecule has 2 fully saturated rings. The number of nitrogens with zero attached hydrogens (tertiary/aromatic N) is 6. The highest BCUT2D eigenvalue weighted by Gasteiger charge is 2.38. The Morgan fingerprint density at radius 3 is 2.54 bits per heavy atom. The van der Waals surface area contributed by atoms with Crippen LogP contribution in [0.1, 0.15) is 30.7 Å². The first-order valence-corrected chi connectivity index (χ1v) is 9.56. The van der Waals surface area contributed by atoms with E-state index in [1.165, 1.54) is 5.69 Å². The summed E-state index contributed by atoms with van der Waals surface area (Å²) in [7, 11) is 1.88. The second-order valence-corrected chi connectivity index (χ2v) is 7.76. The number of aromatic nitrogens is 4. The van der Waals surface area contributed by atoms with Crippen LogP contribution in [-0.2, 0) is 18.4 Å². The minimum Gasteiger partial charge on any atom is -0.308 e. The number of carbonyl (C=O) groups excluding carboxylic acids is 1. The van der Waals surface area contributed by atoms with E-state index in [-0.39, 0.29) is 11.9 Å². The number of carbonyl (C=O) groups is 1. The molecule has 2 aromatic rings. The van der Waals surface area contributed by atoms with Crippen LogP contribution < -0.4 is 4.90 Å². The Morgan fingerprint density at radius 1 is 1.15 bits per heavy atom. The van der Waals surface area contributed by atoms with Gasteiger partial charge in [-0.3, -0.25) is 19.1 Å². The fraction of sp³-hybridized carbons (Fsp3) is 0.632. The lowest BCUT2D eigenvalue weighted by Crippen LogP contribution is -2.46. The molecule has 4 heterocycles. The predicted molar refractivity (Wildman–Crippen MR) is 100.0 cm³/mol. The van der Waals surface area contributed by atoms with Gasteiger partial charge in [0.25, 0.3) is 0 Å². The Morgan fingerprint density at radius 2 is 1.92 bits per heavy atom. The number of aryl methyl sites for hydroxylation is 3. The summed E-state index contributed by atoms with van der Waals surface area (Å²) in [5, 5.41) is 8.79. The highest BCUT2D eigenvalue weighted by molar-refractivity contribution is 5.99. The van der Waals surface area contributed by atoms with E-state index in [2.05, 4.69) is 32.8 Å². The van der Waals surface area contributed by atoms with Gasteiger partial charge in [-0.05, 0) is 58.2 Å². The second-order valence-electron chi connectivity index (χ2n) is 7.76. The molecule has 0 bridgehead atoms. The van der Waals surface area contributed by atoms with E-state index in [0.717, 1.165) is 56.8 Å². The molecule has 140 valence electrons. The van der Waals surface area contributed by atoms with Crippen molar-refractivity contribution < 1.29 is 4.79 Å². The third kappa shape index (κ3) is 3.28. The van der Waals surface area contributed by atoms with Crippen molar-refractivity contribution in [3.8, 4) is 0 Å². The maximum atomic E-state index is 12.9. The van der Waals surface area contributed by atoms with Crippen molar-refractivity contribution in [3.05, 3.63) is 29.8 Å². The van der Waals surface area contributed by atoms with Gasteiger partial charge in [0.1, 0.15) is 0 Å². The highest BCUT2D eigenvalue weighted by atomic mass is 16.2. The molecule has 0 N–H and O–H groups in total. The van der Waals surface area contributed by atoms with Crippen molar-refractivity contribution in [1.29, 1.82) is 0 Å². The van der Waals surface area contributed by atoms with Gasteiger partial charge in [0.05, 0.1) is 23.6 Å². The molecule has 1 amide bonds. The van der Waals surface area contributed by atoms with Crippen molar-refractivity contribution in [2.24, 2.45) is 13.0 Å². The smallest absolute Gasteiger partial charge is 0.244 e. The topological polar surface area (TPSA) is 59.2 Å². The zero-order chi connectivity index (χ0) is 18.3. The molecular weight excluding hydrogens is 328 g/mol. The van der Waals surface area contributed by atoms with Gasteiger partial charge in [0, 0.05) is 32.0 Å². The second kappa shape index (κ2) is 6.87. The number of piperidine rings is 1. The molecule has 0 saturated carbocycles. The SMILES string of the molecule is Cc1cc(C)n(CC2CCN(C3CCN(c4cnn(C)c4)C3=O)CC2)n1. The Bertz CT molecular complexity index is 786. The van der Waals surface area contributed by atoms with Crippen molar-refractivity contribution >= 4 is 11.6 Å². The fourth-order valence-corrected chi connectivity index (χ4v) is 4.36. The van der Waals surface area contributed by atoms with Crippen LogP contribution in [0.15, 0.2) is 18.5 Å². The summed E-state index contributed by atoms with van der Waals surface area (Å²) in [6, 6.07) is 2.17. The van der Waals surface area contributed by atoms with Gasteiger partial charge in [-0.2, -0.15) is 10.2 Å². The molecule has 7 nitrogen and oxygen atoms in total. The van der Waals surface area contributed by atoms with Crippen LogP contribution in [0.5, 0.6) is 0 Å². The first kappa shape index (κ1) is 17.3. The van der Waals surface area contributed by atoms with Gasteiger partial charge in [-0.25, -0.2) is 0 Å². The van der Waals surface area contributed by atoms with E-state index in [0.29, 0.717) is 5.92 Å². The van der Waals surface area contributed by atoms with Crippen LogP contribution in [0.3, 0.4) is 0 Å². The van der Waals surface area contributed by atoms with E-state index in [1.807, 2.05) is 25.1 Å². The Labute approximate surface area is 154 Å². The summed E-state index contributed by atoms with van der Waals surface area (Å²) in [6.45, 7) is 7.96. The highest BCUT2D eigenvalue weighted by Crippen LogP contribution is 2.28. The average Bonchev–Trinajstić information content (AvgIpc) is 3.28. The number of amides is 1. The molecule has 2 aliphatic rings. The third-order valence-corrected chi connectivity index (χ3v) is 5.80. The van der Waals surface area contributed by atoms with Crippen molar-refractivity contribution in [2.75, 3.05) is 24.5 Å². The van der Waals surface area contributed by atoms with Crippen LogP contribution >= 0.6 is 0 Å². The van der Waals surface area contributed by atoms with Gasteiger partial charge in [0.2, 0.25) is 5.91 Å². The molecule has 2 aliphatic heterocycles. The molecule has 4 rings (SSSR count). The van der Waals surface area contributed by atoms with E-state index >= 15 is 0 Å². The summed E-state index contributed by atoms with van der Waals surface area (Å²) in [5.74, 6) is 0.880. The molecule has 1 unspecified atom stereocenters. The van der Waals surface area contributed by atoms with Gasteiger partial charge in [0.15, 0.2) is 0 Å². The first-order valence-electron chi connectivity index (χ1n) is 9.56. The maximum Gasteiger partial charge on any atom is 0.244 e. The van der Waals surface area contributed by atoms with Gasteiger partial charge < -0.3 is 4.90 Å². The Kier molecular flexibility index (Phi) is 4.56. The number of hydrogen-bond donors (Lipinski definition) is 0. The number of anilines is 1. The number of likely N-dealkylation sites (tertiary alicyclic amines) is 1. The van der Waals surface area contributed by atoms with Crippen LogP contribution in [-0.4, -0.2) is 56.0 Å². The first-order chi connectivity index (χ1) is 12.5. The minimum atomic E-state index is 0.0323. The molecular formula is C19H28N6O. The van der Waals surface area contributed by atoms with Crippen LogP contribution in [0.2, 0.25) is 0 Å². The van der Waals surface area contributed by atoms with E-state index < -0.39 is 0 Å². The summed E-state index contributed by atoms with van der Waals surface area (Å²) >= 11 is 0. The molecule has 0 spiro atoms. The molecule has 2 saturated heterocycles. The molecule has 7 heteroatoms. The van der Waals surface area contributed by atoms with Crippen LogP contribution in [0.4, 0.5) is 5.69 Å². The summed E-state index contributed by atoms with van der Waals surface area (Å²) < 4.78 is 3.89. The third-order valence-electron chi connectivity index (χ3n) is 5.80. The zero-order valence-electron chi connectivity index (χ0n) is 15.9. The molecule has 0 aliphatic carbocycles. The Balaban J connectivity index is 1.33. The summed E-state index contributed by atoms with van der Waals surface area (Å²) in [4.78, 5) is 17.1. The lowest BCUT2D eigenvalue weighted by molar-refractivity contribution is -0.122. The number of rotatable bonds is 4. The predicted octanol–water partition coefficient (Wildman–Crippen LogP) is 1.75. The van der Waals surface area contributed by atoms with Crippen molar-refractivity contribution in [1.82, 2.24) is 24.5 Å². The lowest BCUT2D eigenvalue weighted by atomic mass is 9.95. The minimum absolute atomic E-state index is 0.0323. The molecule has 1 atom stereocenters. The molecule has 2 aromatic heterocycles. The molecule has 0 aromatic carbocycles. The van der Waals surface area contributed by atoms with Gasteiger partial charge in [-0.15, -0.1) is 0 Å². The zero-order valence-corrected chi connectivity index (χ0v) is 15.9. The summed E-state index contributed by atoms with van der Waals surface area (Å²) in [6.07, 6.45) is 6.88. The van der Waals surface area contributed by atoms with E-state index in [1.54, 1.807) is 10.9 Å². The Hall–Kier alpha value is -2.15. The maximum absolute atomic E-state index is 12.9. The molecule has 0 radical (unpaired) electrons. The summed E-state index contributed by atoms with van der Waals surface area (Å²) in [5.41, 5.74) is 3.24. The van der Waals surface area contributed by atoms with Crippen molar-refractivity contribution in [3.63, 3.8) is 0 Å². The monoisotopic (exact) mass is 356 g/mol. The van der Waals surface area contributed by atoms with E-state index in [9.17, 15) is 4.79 Å². The van der Waals surface area contributed by atoms with E-state index in [4.69, 9.17) is 0 Å². The van der Waals surface area contributed by atoms with Crippen LogP contribution in [0, 0.1) is 19.8 Å². The normalized spacial score (nSPS) is 22.5. The quantitative estimate of drug-likeness (QED) is 0.837. The van der Waals surface area contributed by atoms with Gasteiger partial charge in [-0.1, -0.05) is 0 Å². The fourth-order valence-electron chi connectivity index (χ4n) is 4.36. The van der Waals surface area contributed by atoms with Crippen LogP contribution in [0.25, 0.3) is 0 Å². The van der Waals surface area contributed by atoms with Gasteiger partial charge >= 0.3 is 0 Å². The largest absolute Gasteiger partial charge is 0.308 e. The number of hydrogen-bond acceptors (Lipinski definition) is 4. The molecule has 26 heavy (non-hydrogen) atoms. The standard InChI is InChI=1S/C19H28N6O/c1-14-10-15(2)25(21-14)12-16-4-7-23(8-5-16)18-6-9-24(19(18)26)17-11-20-22(3)13-17/h10-11,13,16,18H,4-9,12H2,1-3H3. The average molecular weight is 356 g/mol.